The molecule has 0 unspecified atom stereocenters. The maximum absolute atomic E-state index is 15.5. The molecule has 1 aromatic carbocycles. The molecule has 0 amide bonds. The minimum Gasteiger partial charge on any atom is -0.462 e. The number of carbonyl (C=O) groups is 1. The van der Waals surface area contributed by atoms with Crippen molar-refractivity contribution in [1.29, 1.82) is 0 Å². The standard InChI is InChI=1S/C27H31FN8S2.C5H10O2/c1-4-16-37-34-21-7-5-6-20(24(21)28)25-26(38-18(2)31-25)22-10-11-29-27(32-22)33-23-9-8-19(17-30-23)36-14-12-35(3)13-15-36;1-5(2,3)7-4-6/h5-11,17,34H,4,12-16H2,1-3H3,(H,29,30,32,33);4H,1-3H3. The van der Waals surface area contributed by atoms with Gasteiger partial charge in [-0.2, -0.15) is 0 Å². The van der Waals surface area contributed by atoms with Gasteiger partial charge in [0.1, 0.15) is 11.4 Å². The Bertz CT molecular complexity index is 1540. The molecule has 0 atom stereocenters. The van der Waals surface area contributed by atoms with Crippen LogP contribution in [0.15, 0.2) is 48.8 Å². The normalized spacial score (nSPS) is 13.5. The van der Waals surface area contributed by atoms with Crippen molar-refractivity contribution in [3.63, 3.8) is 0 Å². The van der Waals surface area contributed by atoms with Crippen LogP contribution in [0.3, 0.4) is 0 Å². The molecule has 0 spiro atoms. The maximum Gasteiger partial charge on any atom is 0.293 e. The van der Waals surface area contributed by atoms with Crippen LogP contribution in [0.2, 0.25) is 0 Å². The number of piperazine rings is 1. The molecule has 13 heteroatoms. The van der Waals surface area contributed by atoms with Gasteiger partial charge in [-0.3, -0.25) is 4.79 Å². The van der Waals surface area contributed by atoms with Crippen LogP contribution in [0.1, 0.15) is 39.1 Å². The summed E-state index contributed by atoms with van der Waals surface area (Å²) < 4.78 is 23.1. The predicted molar refractivity (Wildman–Crippen MR) is 184 cm³/mol. The number of thiazole rings is 1. The summed E-state index contributed by atoms with van der Waals surface area (Å²) in [4.78, 5) is 33.4. The van der Waals surface area contributed by atoms with E-state index in [4.69, 9.17) is 4.98 Å². The molecular formula is C32H41FN8O2S2. The number of halogens is 1. The van der Waals surface area contributed by atoms with E-state index in [2.05, 4.69) is 59.6 Å². The number of hydrogen-bond donors (Lipinski definition) is 2. The third-order valence-electron chi connectivity index (χ3n) is 6.62. The summed E-state index contributed by atoms with van der Waals surface area (Å²) in [6, 6.07) is 11.2. The number of nitrogens with one attached hydrogen (secondary N) is 2. The molecule has 0 aliphatic carbocycles. The number of aryl methyl sites for hydroxylation is 1. The highest BCUT2D eigenvalue weighted by Gasteiger charge is 2.20. The second-order valence-electron chi connectivity index (χ2n) is 11.4. The van der Waals surface area contributed by atoms with Crippen molar-refractivity contribution in [2.75, 3.05) is 53.9 Å². The minimum atomic E-state index is -0.320. The molecule has 1 aliphatic heterocycles. The molecule has 1 aliphatic rings. The summed E-state index contributed by atoms with van der Waals surface area (Å²) in [6.07, 6.45) is 4.58. The highest BCUT2D eigenvalue weighted by atomic mass is 32.2. The van der Waals surface area contributed by atoms with E-state index < -0.39 is 0 Å². The van der Waals surface area contributed by atoms with Crippen LogP contribution >= 0.6 is 23.3 Å². The number of anilines is 4. The van der Waals surface area contributed by atoms with E-state index in [1.54, 1.807) is 18.3 Å². The monoisotopic (exact) mass is 652 g/mol. The van der Waals surface area contributed by atoms with Gasteiger partial charge in [0.05, 0.1) is 38.8 Å². The van der Waals surface area contributed by atoms with Gasteiger partial charge in [-0.05, 0) is 71.5 Å². The van der Waals surface area contributed by atoms with Crippen molar-refractivity contribution in [3.05, 3.63) is 59.6 Å². The largest absolute Gasteiger partial charge is 0.462 e. The number of hydrogen-bond acceptors (Lipinski definition) is 12. The first kappa shape index (κ1) is 34.1. The fourth-order valence-corrected chi connectivity index (χ4v) is 5.85. The molecule has 2 N–H and O–H groups in total. The molecule has 10 nitrogen and oxygen atoms in total. The van der Waals surface area contributed by atoms with Crippen molar-refractivity contribution < 1.29 is 13.9 Å². The Morgan fingerprint density at radius 2 is 1.87 bits per heavy atom. The van der Waals surface area contributed by atoms with Crippen LogP contribution in [-0.4, -0.2) is 75.9 Å². The fraction of sp³-hybridized carbons (Fsp3) is 0.406. The van der Waals surface area contributed by atoms with E-state index in [1.807, 2.05) is 52.1 Å². The first-order chi connectivity index (χ1) is 21.6. The Labute approximate surface area is 273 Å². The van der Waals surface area contributed by atoms with Gasteiger partial charge in [-0.1, -0.05) is 24.9 Å². The number of aromatic nitrogens is 4. The average Bonchev–Trinajstić information content (AvgIpc) is 3.40. The molecule has 1 fully saturated rings. The lowest BCUT2D eigenvalue weighted by Gasteiger charge is -2.33. The van der Waals surface area contributed by atoms with Crippen molar-refractivity contribution in [3.8, 4) is 21.8 Å². The Morgan fingerprint density at radius 3 is 2.51 bits per heavy atom. The van der Waals surface area contributed by atoms with Crippen molar-refractivity contribution >= 4 is 52.9 Å². The Morgan fingerprint density at radius 1 is 1.09 bits per heavy atom. The van der Waals surface area contributed by atoms with Gasteiger partial charge in [0, 0.05) is 43.7 Å². The third kappa shape index (κ3) is 9.84. The highest BCUT2D eigenvalue weighted by Crippen LogP contribution is 2.39. The first-order valence-corrected chi connectivity index (χ1v) is 16.6. The topological polar surface area (TPSA) is 108 Å². The van der Waals surface area contributed by atoms with Gasteiger partial charge < -0.3 is 24.6 Å². The molecule has 0 saturated carbocycles. The second-order valence-corrected chi connectivity index (χ2v) is 13.5. The zero-order chi connectivity index (χ0) is 32.4. The zero-order valence-corrected chi connectivity index (χ0v) is 28.3. The highest BCUT2D eigenvalue weighted by molar-refractivity contribution is 8.00. The maximum atomic E-state index is 15.5. The van der Waals surface area contributed by atoms with E-state index in [9.17, 15) is 4.79 Å². The quantitative estimate of drug-likeness (QED) is 0.105. The molecule has 1 saturated heterocycles. The van der Waals surface area contributed by atoms with Crippen LogP contribution in [0.4, 0.5) is 27.5 Å². The number of pyridine rings is 1. The summed E-state index contributed by atoms with van der Waals surface area (Å²) in [5.41, 5.74) is 2.94. The summed E-state index contributed by atoms with van der Waals surface area (Å²) in [7, 11) is 2.14. The lowest BCUT2D eigenvalue weighted by molar-refractivity contribution is -0.138. The molecule has 0 radical (unpaired) electrons. The molecule has 3 aromatic heterocycles. The Balaban J connectivity index is 0.000000591. The Hall–Kier alpha value is -3.81. The van der Waals surface area contributed by atoms with E-state index in [0.29, 0.717) is 40.9 Å². The molecule has 0 bridgehead atoms. The zero-order valence-electron chi connectivity index (χ0n) is 26.6. The van der Waals surface area contributed by atoms with Crippen molar-refractivity contribution in [1.82, 2.24) is 24.8 Å². The van der Waals surface area contributed by atoms with Crippen molar-refractivity contribution in [2.24, 2.45) is 0 Å². The lowest BCUT2D eigenvalue weighted by Crippen LogP contribution is -2.44. The van der Waals surface area contributed by atoms with E-state index in [1.165, 1.54) is 23.3 Å². The molecule has 45 heavy (non-hydrogen) atoms. The molecular weight excluding hydrogens is 612 g/mol. The summed E-state index contributed by atoms with van der Waals surface area (Å²) in [5.74, 6) is 1.66. The number of benzene rings is 1. The van der Waals surface area contributed by atoms with Gasteiger partial charge in [-0.15, -0.1) is 11.3 Å². The van der Waals surface area contributed by atoms with E-state index in [-0.39, 0.29) is 11.4 Å². The van der Waals surface area contributed by atoms with Crippen LogP contribution in [0.5, 0.6) is 0 Å². The smallest absolute Gasteiger partial charge is 0.293 e. The number of likely N-dealkylation sites (N-methyl/N-ethyl adjacent to an activating group) is 1. The molecule has 5 rings (SSSR count). The first-order valence-electron chi connectivity index (χ1n) is 14.8. The Kier molecular flexibility index (Phi) is 12.1. The molecule has 240 valence electrons. The van der Waals surface area contributed by atoms with E-state index in [0.717, 1.165) is 53.9 Å². The fourth-order valence-electron chi connectivity index (χ4n) is 4.32. The SMILES string of the molecule is CC(C)(C)OC=O.CCCSNc1cccc(-c2nc(C)sc2-c2ccnc(Nc3ccc(N4CCN(C)CC4)cn3)n2)c1F. The van der Waals surface area contributed by atoms with Gasteiger partial charge in [0.15, 0.2) is 5.82 Å². The van der Waals surface area contributed by atoms with Gasteiger partial charge >= 0.3 is 0 Å². The van der Waals surface area contributed by atoms with Gasteiger partial charge in [0.25, 0.3) is 6.47 Å². The lowest BCUT2D eigenvalue weighted by atomic mass is 10.1. The van der Waals surface area contributed by atoms with Crippen molar-refractivity contribution in [2.45, 2.75) is 46.6 Å². The van der Waals surface area contributed by atoms with Crippen LogP contribution in [0.25, 0.3) is 21.8 Å². The molecule has 4 heterocycles. The van der Waals surface area contributed by atoms with Crippen LogP contribution < -0.4 is 14.9 Å². The van der Waals surface area contributed by atoms with Crippen LogP contribution in [0, 0.1) is 12.7 Å². The number of rotatable bonds is 10. The minimum absolute atomic E-state index is 0.318. The number of nitrogens with zero attached hydrogens (tertiary/aromatic N) is 6. The summed E-state index contributed by atoms with van der Waals surface area (Å²) >= 11 is 2.98. The van der Waals surface area contributed by atoms with Crippen LogP contribution in [-0.2, 0) is 9.53 Å². The molecule has 4 aromatic rings. The summed E-state index contributed by atoms with van der Waals surface area (Å²) in [5, 5.41) is 4.04. The summed E-state index contributed by atoms with van der Waals surface area (Å²) in [6.45, 7) is 14.0. The van der Waals surface area contributed by atoms with Gasteiger partial charge in [0.2, 0.25) is 5.95 Å². The van der Waals surface area contributed by atoms with Gasteiger partial charge in [-0.25, -0.2) is 24.3 Å². The van der Waals surface area contributed by atoms with E-state index >= 15 is 4.39 Å². The third-order valence-corrected chi connectivity index (χ3v) is 8.59. The number of carbonyl (C=O) groups excluding carboxylic acids is 1. The predicted octanol–water partition coefficient (Wildman–Crippen LogP) is 7.03. The second kappa shape index (κ2) is 16.0. The number of ether oxygens (including phenoxy) is 1. The average molecular weight is 653 g/mol.